The van der Waals surface area contributed by atoms with Crippen molar-refractivity contribution in [3.63, 3.8) is 0 Å². The molecule has 0 saturated carbocycles. The zero-order valence-corrected chi connectivity index (χ0v) is 20.3. The number of hydrogen-bond acceptors (Lipinski definition) is 7. The van der Waals surface area contributed by atoms with Crippen molar-refractivity contribution < 1.29 is 34.8 Å². The minimum absolute atomic E-state index is 0.226. The summed E-state index contributed by atoms with van der Waals surface area (Å²) in [6, 6.07) is 17.0. The van der Waals surface area contributed by atoms with E-state index in [0.717, 1.165) is 5.56 Å². The Bertz CT molecular complexity index is 1240. The Labute approximate surface area is 214 Å². The molecule has 0 aliphatic heterocycles. The number of benzene rings is 3. The van der Waals surface area contributed by atoms with Crippen LogP contribution in [-0.2, 0) is 27.4 Å². The summed E-state index contributed by atoms with van der Waals surface area (Å²) in [7, 11) is 0. The lowest BCUT2D eigenvalue weighted by atomic mass is 10.1. The van der Waals surface area contributed by atoms with Crippen LogP contribution in [0.25, 0.3) is 6.08 Å². The number of phenols is 4. The van der Waals surface area contributed by atoms with Gasteiger partial charge in [-0.2, -0.15) is 0 Å². The van der Waals surface area contributed by atoms with Crippen molar-refractivity contribution in [2.24, 2.45) is 0 Å². The summed E-state index contributed by atoms with van der Waals surface area (Å²) >= 11 is 0. The highest BCUT2D eigenvalue weighted by Crippen LogP contribution is 2.26. The molecule has 0 aromatic heterocycles. The molecule has 2 atom stereocenters. The topological polar surface area (TPSA) is 148 Å². The average Bonchev–Trinajstić information content (AvgIpc) is 2.89. The van der Waals surface area contributed by atoms with E-state index >= 15 is 0 Å². The lowest BCUT2D eigenvalue weighted by Crippen LogP contribution is -2.53. The number of amides is 2. The Morgan fingerprint density at radius 3 is 2.22 bits per heavy atom. The third kappa shape index (κ3) is 8.29. The van der Waals surface area contributed by atoms with Crippen LogP contribution >= 0.6 is 0 Å². The van der Waals surface area contributed by atoms with Crippen LogP contribution in [0.4, 0.5) is 0 Å². The zero-order chi connectivity index (χ0) is 26.8. The van der Waals surface area contributed by atoms with Crippen molar-refractivity contribution >= 4 is 17.9 Å². The molecular weight excluding hydrogens is 476 g/mol. The molecule has 3 aromatic carbocycles. The highest BCUT2D eigenvalue weighted by atomic mass is 16.5. The Hall–Kier alpha value is -4.50. The van der Waals surface area contributed by atoms with Gasteiger partial charge < -0.3 is 35.8 Å². The van der Waals surface area contributed by atoms with E-state index in [4.69, 9.17) is 4.74 Å². The first-order valence-electron chi connectivity index (χ1n) is 11.7. The molecule has 9 nitrogen and oxygen atoms in total. The quantitative estimate of drug-likeness (QED) is 0.173. The van der Waals surface area contributed by atoms with Gasteiger partial charge in [0, 0.05) is 12.6 Å². The molecular formula is C28H30N2O7. The van der Waals surface area contributed by atoms with E-state index in [0.29, 0.717) is 17.5 Å². The summed E-state index contributed by atoms with van der Waals surface area (Å²) in [5.74, 6) is -2.06. The van der Waals surface area contributed by atoms with Gasteiger partial charge in [0.1, 0.15) is 6.04 Å². The normalized spacial score (nSPS) is 12.7. The maximum Gasteiger partial charge on any atom is 0.245 e. The predicted octanol–water partition coefficient (Wildman–Crippen LogP) is 2.97. The lowest BCUT2D eigenvalue weighted by Gasteiger charge is -2.24. The molecule has 2 amide bonds. The van der Waals surface area contributed by atoms with Gasteiger partial charge in [-0.25, -0.2) is 0 Å². The minimum atomic E-state index is -1.01. The van der Waals surface area contributed by atoms with Crippen molar-refractivity contribution in [3.8, 4) is 23.0 Å². The zero-order valence-electron chi connectivity index (χ0n) is 20.3. The Morgan fingerprint density at radius 2 is 1.54 bits per heavy atom. The van der Waals surface area contributed by atoms with E-state index in [1.807, 2.05) is 30.3 Å². The number of ether oxygens (including phenoxy) is 1. The van der Waals surface area contributed by atoms with Gasteiger partial charge in [-0.15, -0.1) is 0 Å². The van der Waals surface area contributed by atoms with Crippen molar-refractivity contribution in [2.45, 2.75) is 32.1 Å². The summed E-state index contributed by atoms with van der Waals surface area (Å²) in [5, 5.41) is 43.6. The highest BCUT2D eigenvalue weighted by molar-refractivity contribution is 5.95. The Morgan fingerprint density at radius 1 is 0.865 bits per heavy atom. The second-order valence-corrected chi connectivity index (χ2v) is 8.43. The van der Waals surface area contributed by atoms with Crippen molar-refractivity contribution in [3.05, 3.63) is 89.5 Å². The molecule has 1 unspecified atom stereocenters. The SMILES string of the molecule is CC(OCc1ccccc1)[C@H](NC(=O)/C=C/c1ccc(O)c(O)c1)C(=O)NCCc1ccc(O)c(O)c1. The van der Waals surface area contributed by atoms with Gasteiger partial charge in [-0.05, 0) is 60.4 Å². The van der Waals surface area contributed by atoms with E-state index < -0.39 is 24.0 Å². The fourth-order valence-corrected chi connectivity index (χ4v) is 3.48. The summed E-state index contributed by atoms with van der Waals surface area (Å²) < 4.78 is 5.88. The molecule has 0 saturated heterocycles. The first-order chi connectivity index (χ1) is 17.7. The van der Waals surface area contributed by atoms with E-state index in [1.54, 1.807) is 13.0 Å². The molecule has 194 valence electrons. The fraction of sp³-hybridized carbons (Fsp3) is 0.214. The Kier molecular flexibility index (Phi) is 9.51. The summed E-state index contributed by atoms with van der Waals surface area (Å²) in [6.45, 7) is 2.16. The number of carbonyl (C=O) groups is 2. The third-order valence-electron chi connectivity index (χ3n) is 5.58. The van der Waals surface area contributed by atoms with E-state index in [2.05, 4.69) is 10.6 Å². The molecule has 3 aromatic rings. The molecule has 3 rings (SSSR count). The third-order valence-corrected chi connectivity index (χ3v) is 5.58. The van der Waals surface area contributed by atoms with Gasteiger partial charge in [0.2, 0.25) is 11.8 Å². The minimum Gasteiger partial charge on any atom is -0.504 e. The number of aromatic hydroxyl groups is 4. The summed E-state index contributed by atoms with van der Waals surface area (Å²) in [4.78, 5) is 25.6. The van der Waals surface area contributed by atoms with Crippen LogP contribution in [0.2, 0.25) is 0 Å². The number of carbonyl (C=O) groups excluding carboxylic acids is 2. The van der Waals surface area contributed by atoms with Gasteiger partial charge in [-0.1, -0.05) is 42.5 Å². The molecule has 37 heavy (non-hydrogen) atoms. The second-order valence-electron chi connectivity index (χ2n) is 8.43. The molecule has 0 spiro atoms. The molecule has 0 bridgehead atoms. The molecule has 0 aliphatic carbocycles. The van der Waals surface area contributed by atoms with E-state index in [1.165, 1.54) is 42.5 Å². The van der Waals surface area contributed by atoms with Gasteiger partial charge in [0.25, 0.3) is 0 Å². The van der Waals surface area contributed by atoms with Gasteiger partial charge in [0.05, 0.1) is 12.7 Å². The Balaban J connectivity index is 1.65. The molecule has 6 N–H and O–H groups in total. The van der Waals surface area contributed by atoms with Gasteiger partial charge in [-0.3, -0.25) is 9.59 Å². The molecule has 0 fully saturated rings. The number of rotatable bonds is 11. The van der Waals surface area contributed by atoms with Crippen molar-refractivity contribution in [1.29, 1.82) is 0 Å². The maximum absolute atomic E-state index is 13.0. The molecule has 0 radical (unpaired) electrons. The first kappa shape index (κ1) is 27.1. The van der Waals surface area contributed by atoms with Crippen LogP contribution in [0.5, 0.6) is 23.0 Å². The molecule has 0 heterocycles. The lowest BCUT2D eigenvalue weighted by molar-refractivity contribution is -0.131. The van der Waals surface area contributed by atoms with Crippen LogP contribution in [0, 0.1) is 0 Å². The molecule has 0 aliphatic rings. The maximum atomic E-state index is 13.0. The van der Waals surface area contributed by atoms with E-state index in [9.17, 15) is 30.0 Å². The van der Waals surface area contributed by atoms with Crippen LogP contribution in [0.1, 0.15) is 23.6 Å². The van der Waals surface area contributed by atoms with Gasteiger partial charge >= 0.3 is 0 Å². The van der Waals surface area contributed by atoms with Crippen LogP contribution in [0.15, 0.2) is 72.8 Å². The second kappa shape index (κ2) is 13.0. The predicted molar refractivity (Wildman–Crippen MR) is 138 cm³/mol. The average molecular weight is 507 g/mol. The first-order valence-corrected chi connectivity index (χ1v) is 11.7. The summed E-state index contributed by atoms with van der Waals surface area (Å²) in [6.07, 6.45) is 2.38. The number of nitrogens with one attached hydrogen (secondary N) is 2. The van der Waals surface area contributed by atoms with Crippen LogP contribution in [0.3, 0.4) is 0 Å². The number of phenolic OH excluding ortho intramolecular Hbond substituents is 4. The standard InChI is InChI=1S/C28H30N2O7/c1-18(37-17-21-5-3-2-4-6-21)27(28(36)29-14-13-20-8-11-23(32)25(34)16-20)30-26(35)12-9-19-7-10-22(31)24(33)15-19/h2-12,15-16,18,27,31-34H,13-14,17H2,1H3,(H,29,36)(H,30,35)/b12-9+/t18?,27-/m0/s1. The highest BCUT2D eigenvalue weighted by Gasteiger charge is 2.27. The van der Waals surface area contributed by atoms with E-state index in [-0.39, 0.29) is 36.1 Å². The summed E-state index contributed by atoms with van der Waals surface area (Å²) in [5.41, 5.74) is 2.11. The van der Waals surface area contributed by atoms with Crippen molar-refractivity contribution in [2.75, 3.05) is 6.54 Å². The largest absolute Gasteiger partial charge is 0.504 e. The smallest absolute Gasteiger partial charge is 0.245 e. The van der Waals surface area contributed by atoms with Crippen molar-refractivity contribution in [1.82, 2.24) is 10.6 Å². The monoisotopic (exact) mass is 506 g/mol. The number of hydrogen-bond donors (Lipinski definition) is 6. The molecule has 9 heteroatoms. The van der Waals surface area contributed by atoms with Crippen LogP contribution in [-0.4, -0.2) is 50.9 Å². The fourth-order valence-electron chi connectivity index (χ4n) is 3.48. The van der Waals surface area contributed by atoms with Crippen LogP contribution < -0.4 is 10.6 Å². The van der Waals surface area contributed by atoms with Gasteiger partial charge in [0.15, 0.2) is 23.0 Å².